The summed E-state index contributed by atoms with van der Waals surface area (Å²) in [5, 5.41) is 11.6. The third kappa shape index (κ3) is 4.15. The van der Waals surface area contributed by atoms with Gasteiger partial charge < -0.3 is 10.1 Å². The minimum atomic E-state index is 0.705. The van der Waals surface area contributed by atoms with Gasteiger partial charge in [-0.2, -0.15) is 0 Å². The zero-order valence-corrected chi connectivity index (χ0v) is 12.4. The predicted molar refractivity (Wildman–Crippen MR) is 78.6 cm³/mol. The molecule has 0 saturated heterocycles. The van der Waals surface area contributed by atoms with Crippen LogP contribution in [0.1, 0.15) is 22.4 Å². The first-order chi connectivity index (χ1) is 9.69. The van der Waals surface area contributed by atoms with Crippen LogP contribution >= 0.6 is 0 Å². The standard InChI is InChI=1S/C15H22N4O/c1-12-4-5-13(2)14(8-12)10-19-11-15(17-18-19)9-16-6-7-20-3/h4-5,8,11,16H,6-7,9-10H2,1-3H3. The molecule has 0 saturated carbocycles. The number of ether oxygens (including phenoxy) is 1. The lowest BCUT2D eigenvalue weighted by Gasteiger charge is -2.06. The zero-order chi connectivity index (χ0) is 14.4. The molecule has 0 aliphatic heterocycles. The van der Waals surface area contributed by atoms with E-state index >= 15 is 0 Å². The second-order valence-corrected chi connectivity index (χ2v) is 5.01. The predicted octanol–water partition coefficient (Wildman–Crippen LogP) is 1.68. The molecular weight excluding hydrogens is 252 g/mol. The van der Waals surface area contributed by atoms with Crippen molar-refractivity contribution in [3.63, 3.8) is 0 Å². The summed E-state index contributed by atoms with van der Waals surface area (Å²) >= 11 is 0. The summed E-state index contributed by atoms with van der Waals surface area (Å²) in [6.07, 6.45) is 1.99. The van der Waals surface area contributed by atoms with Gasteiger partial charge in [0, 0.05) is 20.2 Å². The van der Waals surface area contributed by atoms with Gasteiger partial charge in [0.2, 0.25) is 0 Å². The van der Waals surface area contributed by atoms with Gasteiger partial charge in [0.05, 0.1) is 25.0 Å². The molecule has 0 atom stereocenters. The van der Waals surface area contributed by atoms with Gasteiger partial charge in [-0.05, 0) is 25.0 Å². The third-order valence-corrected chi connectivity index (χ3v) is 3.21. The van der Waals surface area contributed by atoms with Crippen LogP contribution < -0.4 is 5.32 Å². The van der Waals surface area contributed by atoms with Crippen molar-refractivity contribution in [1.29, 1.82) is 0 Å². The van der Waals surface area contributed by atoms with E-state index in [2.05, 4.69) is 47.7 Å². The van der Waals surface area contributed by atoms with E-state index in [4.69, 9.17) is 4.74 Å². The van der Waals surface area contributed by atoms with Gasteiger partial charge in [-0.15, -0.1) is 5.10 Å². The van der Waals surface area contributed by atoms with Gasteiger partial charge in [-0.3, -0.25) is 0 Å². The van der Waals surface area contributed by atoms with Crippen molar-refractivity contribution in [2.24, 2.45) is 0 Å². The van der Waals surface area contributed by atoms with Crippen LogP contribution in [0.5, 0.6) is 0 Å². The van der Waals surface area contributed by atoms with E-state index in [1.165, 1.54) is 16.7 Å². The van der Waals surface area contributed by atoms with Crippen LogP contribution in [0.15, 0.2) is 24.4 Å². The fourth-order valence-electron chi connectivity index (χ4n) is 2.03. The molecule has 1 aromatic heterocycles. The number of hydrogen-bond acceptors (Lipinski definition) is 4. The number of benzene rings is 1. The minimum absolute atomic E-state index is 0.705. The quantitative estimate of drug-likeness (QED) is 0.781. The highest BCUT2D eigenvalue weighted by Crippen LogP contribution is 2.12. The molecule has 0 aliphatic carbocycles. The highest BCUT2D eigenvalue weighted by Gasteiger charge is 2.04. The fourth-order valence-corrected chi connectivity index (χ4v) is 2.03. The Labute approximate surface area is 120 Å². The first kappa shape index (κ1) is 14.7. The number of aryl methyl sites for hydroxylation is 2. The van der Waals surface area contributed by atoms with E-state index < -0.39 is 0 Å². The molecule has 0 radical (unpaired) electrons. The fraction of sp³-hybridized carbons (Fsp3) is 0.467. The Hall–Kier alpha value is -1.72. The molecule has 0 aliphatic rings. The lowest BCUT2D eigenvalue weighted by atomic mass is 10.1. The van der Waals surface area contributed by atoms with Crippen LogP contribution in [0, 0.1) is 13.8 Å². The van der Waals surface area contributed by atoms with Crippen LogP contribution in [0.2, 0.25) is 0 Å². The number of hydrogen-bond donors (Lipinski definition) is 1. The summed E-state index contributed by atoms with van der Waals surface area (Å²) in [5.41, 5.74) is 4.79. The highest BCUT2D eigenvalue weighted by atomic mass is 16.5. The smallest absolute Gasteiger partial charge is 0.0964 e. The lowest BCUT2D eigenvalue weighted by Crippen LogP contribution is -2.18. The summed E-state index contributed by atoms with van der Waals surface area (Å²) in [4.78, 5) is 0. The summed E-state index contributed by atoms with van der Waals surface area (Å²) in [7, 11) is 1.70. The van der Waals surface area contributed by atoms with Gasteiger partial charge >= 0.3 is 0 Å². The first-order valence-corrected chi connectivity index (χ1v) is 6.84. The molecule has 20 heavy (non-hydrogen) atoms. The summed E-state index contributed by atoms with van der Waals surface area (Å²) in [5.74, 6) is 0. The number of rotatable bonds is 7. The van der Waals surface area contributed by atoms with Crippen LogP contribution in [0.3, 0.4) is 0 Å². The van der Waals surface area contributed by atoms with Crippen molar-refractivity contribution >= 4 is 0 Å². The Kier molecular flexibility index (Phi) is 5.26. The van der Waals surface area contributed by atoms with Crippen molar-refractivity contribution in [3.05, 3.63) is 46.8 Å². The maximum Gasteiger partial charge on any atom is 0.0964 e. The second kappa shape index (κ2) is 7.17. The SMILES string of the molecule is COCCNCc1cn(Cc2cc(C)ccc2C)nn1. The normalized spacial score (nSPS) is 10.9. The molecule has 5 heteroatoms. The van der Waals surface area contributed by atoms with Gasteiger partial charge in [0.15, 0.2) is 0 Å². The van der Waals surface area contributed by atoms with Crippen molar-refractivity contribution in [2.45, 2.75) is 26.9 Å². The molecule has 2 aromatic rings. The minimum Gasteiger partial charge on any atom is -0.383 e. The van der Waals surface area contributed by atoms with Crippen molar-refractivity contribution in [2.75, 3.05) is 20.3 Å². The molecule has 1 aromatic carbocycles. The first-order valence-electron chi connectivity index (χ1n) is 6.84. The van der Waals surface area contributed by atoms with E-state index in [-0.39, 0.29) is 0 Å². The van der Waals surface area contributed by atoms with E-state index in [9.17, 15) is 0 Å². The van der Waals surface area contributed by atoms with Gasteiger partial charge in [0.25, 0.3) is 0 Å². The van der Waals surface area contributed by atoms with Gasteiger partial charge in [-0.25, -0.2) is 4.68 Å². The molecule has 0 spiro atoms. The highest BCUT2D eigenvalue weighted by molar-refractivity contribution is 5.30. The van der Waals surface area contributed by atoms with Gasteiger partial charge in [-0.1, -0.05) is 29.0 Å². The number of nitrogens with one attached hydrogen (secondary N) is 1. The molecule has 2 rings (SSSR count). The van der Waals surface area contributed by atoms with E-state index in [1.807, 2.05) is 10.9 Å². The molecule has 0 fully saturated rings. The maximum absolute atomic E-state index is 4.98. The summed E-state index contributed by atoms with van der Waals surface area (Å²) < 4.78 is 6.87. The Morgan fingerprint density at radius 1 is 1.30 bits per heavy atom. The van der Waals surface area contributed by atoms with Crippen LogP contribution in [0.25, 0.3) is 0 Å². The molecule has 0 amide bonds. The second-order valence-electron chi connectivity index (χ2n) is 5.01. The Morgan fingerprint density at radius 2 is 2.15 bits per heavy atom. The van der Waals surface area contributed by atoms with E-state index in [1.54, 1.807) is 7.11 Å². The van der Waals surface area contributed by atoms with E-state index in [0.717, 1.165) is 25.3 Å². The topological polar surface area (TPSA) is 52.0 Å². The third-order valence-electron chi connectivity index (χ3n) is 3.21. The molecule has 1 heterocycles. The Balaban J connectivity index is 1.93. The summed E-state index contributed by atoms with van der Waals surface area (Å²) in [6, 6.07) is 6.48. The average molecular weight is 274 g/mol. The van der Waals surface area contributed by atoms with Crippen LogP contribution in [-0.4, -0.2) is 35.3 Å². The maximum atomic E-state index is 4.98. The number of methoxy groups -OCH3 is 1. The van der Waals surface area contributed by atoms with Crippen molar-refractivity contribution in [3.8, 4) is 0 Å². The van der Waals surface area contributed by atoms with E-state index in [0.29, 0.717) is 6.61 Å². The molecular formula is C15H22N4O. The average Bonchev–Trinajstić information content (AvgIpc) is 2.87. The largest absolute Gasteiger partial charge is 0.383 e. The van der Waals surface area contributed by atoms with Crippen molar-refractivity contribution < 1.29 is 4.74 Å². The Morgan fingerprint density at radius 3 is 2.95 bits per heavy atom. The van der Waals surface area contributed by atoms with Gasteiger partial charge in [0.1, 0.15) is 0 Å². The molecule has 5 nitrogen and oxygen atoms in total. The molecule has 0 bridgehead atoms. The van der Waals surface area contributed by atoms with Crippen LogP contribution in [0.4, 0.5) is 0 Å². The number of nitrogens with zero attached hydrogens (tertiary/aromatic N) is 3. The molecule has 1 N–H and O–H groups in total. The zero-order valence-electron chi connectivity index (χ0n) is 12.4. The van der Waals surface area contributed by atoms with Crippen LogP contribution in [-0.2, 0) is 17.8 Å². The van der Waals surface area contributed by atoms with Crippen molar-refractivity contribution in [1.82, 2.24) is 20.3 Å². The Bertz CT molecular complexity index is 551. The lowest BCUT2D eigenvalue weighted by molar-refractivity contribution is 0.199. The molecule has 108 valence electrons. The molecule has 0 unspecified atom stereocenters. The number of aromatic nitrogens is 3. The summed E-state index contributed by atoms with van der Waals surface area (Å²) in [6.45, 7) is 7.24. The monoisotopic (exact) mass is 274 g/mol.